The molecule has 1 aliphatic heterocycles. The van der Waals surface area contributed by atoms with Crippen LogP contribution in [0.15, 0.2) is 29.6 Å². The van der Waals surface area contributed by atoms with Gasteiger partial charge in [0.05, 0.1) is 13.2 Å². The van der Waals surface area contributed by atoms with E-state index in [0.717, 1.165) is 17.7 Å². The second-order valence-corrected chi connectivity index (χ2v) is 7.02. The van der Waals surface area contributed by atoms with Crippen LogP contribution in [0.2, 0.25) is 0 Å². The van der Waals surface area contributed by atoms with Crippen molar-refractivity contribution >= 4 is 23.2 Å². The number of thiazole rings is 1. The first-order chi connectivity index (χ1) is 12.4. The summed E-state index contributed by atoms with van der Waals surface area (Å²) >= 11 is 1.31. The minimum Gasteiger partial charge on any atom is -0.494 e. The number of rotatable bonds is 6. The highest BCUT2D eigenvalue weighted by Gasteiger charge is 2.47. The summed E-state index contributed by atoms with van der Waals surface area (Å²) in [7, 11) is 0. The Kier molecular flexibility index (Phi) is 5.22. The van der Waals surface area contributed by atoms with Crippen LogP contribution < -0.4 is 4.74 Å². The topological polar surface area (TPSA) is 79.7 Å². The molecule has 138 valence electrons. The third-order valence-electron chi connectivity index (χ3n) is 4.19. The SMILES string of the molecule is CCCOc1ccc(-c2nc(C(=O)N3CCC(F)(C(=O)O)C3)cs2)cc1. The average molecular weight is 378 g/mol. The van der Waals surface area contributed by atoms with Crippen LogP contribution >= 0.6 is 11.3 Å². The van der Waals surface area contributed by atoms with Gasteiger partial charge in [0.15, 0.2) is 0 Å². The Hall–Kier alpha value is -2.48. The number of ether oxygens (including phenoxy) is 1. The van der Waals surface area contributed by atoms with Crippen LogP contribution in [-0.2, 0) is 4.79 Å². The minimum atomic E-state index is -2.37. The van der Waals surface area contributed by atoms with Gasteiger partial charge in [0.1, 0.15) is 16.5 Å². The van der Waals surface area contributed by atoms with Crippen molar-refractivity contribution in [3.63, 3.8) is 0 Å². The molecule has 1 aromatic heterocycles. The third-order valence-corrected chi connectivity index (χ3v) is 5.08. The van der Waals surface area contributed by atoms with Crippen molar-refractivity contribution in [3.8, 4) is 16.3 Å². The predicted molar refractivity (Wildman–Crippen MR) is 95.3 cm³/mol. The summed E-state index contributed by atoms with van der Waals surface area (Å²) < 4.78 is 19.7. The summed E-state index contributed by atoms with van der Waals surface area (Å²) in [5.74, 6) is -1.21. The maximum absolute atomic E-state index is 14.1. The predicted octanol–water partition coefficient (Wildman–Crippen LogP) is 3.24. The van der Waals surface area contributed by atoms with Gasteiger partial charge < -0.3 is 14.7 Å². The number of carboxylic acids is 1. The van der Waals surface area contributed by atoms with Crippen molar-refractivity contribution in [3.05, 3.63) is 35.3 Å². The number of halogens is 1. The molecule has 6 nitrogen and oxygen atoms in total. The number of amides is 1. The van der Waals surface area contributed by atoms with Crippen LogP contribution in [0, 0.1) is 0 Å². The molecule has 1 N–H and O–H groups in total. The standard InChI is InChI=1S/C18H19FN2O4S/c1-2-9-25-13-5-3-12(4-6-13)15-20-14(10-26-15)16(22)21-8-7-18(19,11-21)17(23)24/h3-6,10H,2,7-9,11H2,1H3,(H,23,24). The number of carbonyl (C=O) groups is 2. The van der Waals surface area contributed by atoms with E-state index in [1.165, 1.54) is 16.2 Å². The summed E-state index contributed by atoms with van der Waals surface area (Å²) in [5, 5.41) is 11.2. The van der Waals surface area contributed by atoms with Crippen molar-refractivity contribution in [2.75, 3.05) is 19.7 Å². The first kappa shape index (κ1) is 18.3. The van der Waals surface area contributed by atoms with Crippen molar-refractivity contribution < 1.29 is 23.8 Å². The van der Waals surface area contributed by atoms with Crippen LogP contribution in [0.5, 0.6) is 5.75 Å². The van der Waals surface area contributed by atoms with Gasteiger partial charge in [-0.25, -0.2) is 14.2 Å². The number of hydrogen-bond donors (Lipinski definition) is 1. The van der Waals surface area contributed by atoms with Crippen LogP contribution in [0.3, 0.4) is 0 Å². The number of carboxylic acid groups (broad SMARTS) is 1. The van der Waals surface area contributed by atoms with Crippen molar-refractivity contribution in [2.24, 2.45) is 0 Å². The van der Waals surface area contributed by atoms with Gasteiger partial charge in [0, 0.05) is 23.9 Å². The van der Waals surface area contributed by atoms with E-state index >= 15 is 0 Å². The molecular formula is C18H19FN2O4S. The van der Waals surface area contributed by atoms with Crippen LogP contribution in [0.1, 0.15) is 30.3 Å². The quantitative estimate of drug-likeness (QED) is 0.835. The van der Waals surface area contributed by atoms with Gasteiger partial charge in [-0.05, 0) is 30.7 Å². The zero-order valence-corrected chi connectivity index (χ0v) is 15.1. The molecule has 8 heteroatoms. The lowest BCUT2D eigenvalue weighted by atomic mass is 10.1. The van der Waals surface area contributed by atoms with E-state index in [1.807, 2.05) is 31.2 Å². The molecule has 0 spiro atoms. The fourth-order valence-electron chi connectivity index (χ4n) is 2.70. The fourth-order valence-corrected chi connectivity index (χ4v) is 3.50. The lowest BCUT2D eigenvalue weighted by Gasteiger charge is -2.16. The minimum absolute atomic E-state index is 0.0674. The molecule has 3 rings (SSSR count). The number of benzene rings is 1. The Morgan fingerprint density at radius 2 is 2.12 bits per heavy atom. The molecule has 1 aromatic carbocycles. The molecule has 26 heavy (non-hydrogen) atoms. The lowest BCUT2D eigenvalue weighted by molar-refractivity contribution is -0.149. The van der Waals surface area contributed by atoms with E-state index in [1.54, 1.807) is 5.38 Å². The molecule has 1 fully saturated rings. The summed E-state index contributed by atoms with van der Waals surface area (Å²) in [4.78, 5) is 29.0. The highest BCUT2D eigenvalue weighted by molar-refractivity contribution is 7.13. The second-order valence-electron chi connectivity index (χ2n) is 6.16. The summed E-state index contributed by atoms with van der Waals surface area (Å²) in [6.07, 6.45) is 0.725. The number of likely N-dealkylation sites (tertiary alicyclic amines) is 1. The maximum Gasteiger partial charge on any atom is 0.343 e. The first-order valence-electron chi connectivity index (χ1n) is 8.33. The van der Waals surface area contributed by atoms with Crippen LogP contribution in [-0.4, -0.2) is 52.2 Å². The molecule has 0 radical (unpaired) electrons. The molecule has 0 aliphatic carbocycles. The van der Waals surface area contributed by atoms with Gasteiger partial charge in [-0.3, -0.25) is 4.79 Å². The van der Waals surface area contributed by atoms with E-state index in [2.05, 4.69) is 4.98 Å². The Bertz CT molecular complexity index is 808. The first-order valence-corrected chi connectivity index (χ1v) is 9.21. The maximum atomic E-state index is 14.1. The van der Waals surface area contributed by atoms with Gasteiger partial charge in [0.2, 0.25) is 5.67 Å². The fraction of sp³-hybridized carbons (Fsp3) is 0.389. The second kappa shape index (κ2) is 7.41. The smallest absolute Gasteiger partial charge is 0.343 e. The molecule has 1 unspecified atom stereocenters. The lowest BCUT2D eigenvalue weighted by Crippen LogP contribution is -2.39. The van der Waals surface area contributed by atoms with Crippen molar-refractivity contribution in [1.82, 2.24) is 9.88 Å². The summed E-state index contributed by atoms with van der Waals surface area (Å²) in [5.41, 5.74) is -1.32. The van der Waals surface area contributed by atoms with Gasteiger partial charge in [0.25, 0.3) is 5.91 Å². The normalized spacial score (nSPS) is 19.5. The molecule has 0 saturated carbocycles. The van der Waals surface area contributed by atoms with Gasteiger partial charge in [-0.1, -0.05) is 6.92 Å². The van der Waals surface area contributed by atoms with Crippen LogP contribution in [0.4, 0.5) is 4.39 Å². The highest BCUT2D eigenvalue weighted by atomic mass is 32.1. The highest BCUT2D eigenvalue weighted by Crippen LogP contribution is 2.29. The van der Waals surface area contributed by atoms with Crippen LogP contribution in [0.25, 0.3) is 10.6 Å². The van der Waals surface area contributed by atoms with E-state index in [-0.39, 0.29) is 18.7 Å². The number of alkyl halides is 1. The van der Waals surface area contributed by atoms with E-state index in [0.29, 0.717) is 11.6 Å². The Morgan fingerprint density at radius 3 is 2.73 bits per heavy atom. The van der Waals surface area contributed by atoms with E-state index < -0.39 is 24.1 Å². The molecule has 1 amide bonds. The van der Waals surface area contributed by atoms with E-state index in [9.17, 15) is 14.0 Å². The molecule has 2 heterocycles. The average Bonchev–Trinajstić information content (AvgIpc) is 3.28. The number of aromatic nitrogens is 1. The van der Waals surface area contributed by atoms with Gasteiger partial charge in [-0.2, -0.15) is 0 Å². The van der Waals surface area contributed by atoms with Gasteiger partial charge in [-0.15, -0.1) is 11.3 Å². The van der Waals surface area contributed by atoms with E-state index in [4.69, 9.17) is 9.84 Å². The Morgan fingerprint density at radius 1 is 1.38 bits per heavy atom. The number of aliphatic carboxylic acids is 1. The number of carbonyl (C=O) groups excluding carboxylic acids is 1. The third kappa shape index (κ3) is 3.70. The molecule has 2 aromatic rings. The van der Waals surface area contributed by atoms with Crippen molar-refractivity contribution in [1.29, 1.82) is 0 Å². The van der Waals surface area contributed by atoms with Crippen molar-refractivity contribution in [2.45, 2.75) is 25.4 Å². The number of hydrogen-bond acceptors (Lipinski definition) is 5. The molecular weight excluding hydrogens is 359 g/mol. The molecule has 1 aliphatic rings. The monoisotopic (exact) mass is 378 g/mol. The molecule has 0 bridgehead atoms. The summed E-state index contributed by atoms with van der Waals surface area (Å²) in [6.45, 7) is 2.30. The largest absolute Gasteiger partial charge is 0.494 e. The molecule has 1 saturated heterocycles. The van der Waals surface area contributed by atoms with Gasteiger partial charge >= 0.3 is 5.97 Å². The molecule has 1 atom stereocenters. The Labute approximate surface area is 154 Å². The number of nitrogens with zero attached hydrogens (tertiary/aromatic N) is 2. The zero-order valence-electron chi connectivity index (χ0n) is 14.3. The summed E-state index contributed by atoms with van der Waals surface area (Å²) in [6, 6.07) is 7.42. The Balaban J connectivity index is 1.70. The zero-order chi connectivity index (χ0) is 18.7.